The highest BCUT2D eigenvalue weighted by atomic mass is 19.4. The first-order valence-corrected chi connectivity index (χ1v) is 7.95. The third-order valence-corrected chi connectivity index (χ3v) is 4.26. The minimum Gasteiger partial charge on any atom is -0.345 e. The molecule has 0 unspecified atom stereocenters. The summed E-state index contributed by atoms with van der Waals surface area (Å²) in [4.78, 5) is 26.4. The lowest BCUT2D eigenvalue weighted by Gasteiger charge is -2.23. The third-order valence-electron chi connectivity index (χ3n) is 4.26. The van der Waals surface area contributed by atoms with Crippen LogP contribution < -0.4 is 5.32 Å². The molecule has 7 heteroatoms. The first-order valence-electron chi connectivity index (χ1n) is 7.95. The maximum Gasteiger partial charge on any atom is 0.416 e. The van der Waals surface area contributed by atoms with E-state index in [-0.39, 0.29) is 11.6 Å². The van der Waals surface area contributed by atoms with Crippen LogP contribution in [0, 0.1) is 5.41 Å². The predicted molar refractivity (Wildman–Crippen MR) is 84.3 cm³/mol. The number of anilines is 1. The molecule has 0 bridgehead atoms. The minimum absolute atomic E-state index is 0.222. The molecule has 24 heavy (non-hydrogen) atoms. The maximum atomic E-state index is 12.5. The van der Waals surface area contributed by atoms with Crippen molar-refractivity contribution in [2.45, 2.75) is 38.8 Å². The number of hydrogen-bond acceptors (Lipinski definition) is 2. The molecule has 132 valence electrons. The largest absolute Gasteiger partial charge is 0.416 e. The normalized spacial score (nSPS) is 15.7. The quantitative estimate of drug-likeness (QED) is 0.802. The Bertz CT molecular complexity index is 607. The molecule has 0 heterocycles. The molecule has 2 rings (SSSR count). The van der Waals surface area contributed by atoms with Gasteiger partial charge in [-0.1, -0.05) is 13.3 Å². The Hall–Kier alpha value is -2.05. The molecule has 1 saturated carbocycles. The number of rotatable bonds is 6. The number of halogens is 3. The van der Waals surface area contributed by atoms with Gasteiger partial charge in [-0.05, 0) is 43.5 Å². The molecule has 1 aromatic rings. The number of nitrogens with zero attached hydrogens (tertiary/aromatic N) is 1. The summed E-state index contributed by atoms with van der Waals surface area (Å²) in [7, 11) is 1.67. The lowest BCUT2D eigenvalue weighted by molar-refractivity contribution is -0.141. The predicted octanol–water partition coefficient (Wildman–Crippen LogP) is 3.68. The van der Waals surface area contributed by atoms with Gasteiger partial charge in [0.25, 0.3) is 0 Å². The Labute approximate surface area is 139 Å². The number of hydrogen-bond donors (Lipinski definition) is 1. The Morgan fingerprint density at radius 3 is 2.25 bits per heavy atom. The summed E-state index contributed by atoms with van der Waals surface area (Å²) in [5.41, 5.74) is -1.59. The average Bonchev–Trinajstić information content (AvgIpc) is 3.33. The van der Waals surface area contributed by atoms with Crippen molar-refractivity contribution in [2.75, 3.05) is 18.9 Å². The van der Waals surface area contributed by atoms with Crippen LogP contribution in [0.5, 0.6) is 0 Å². The van der Waals surface area contributed by atoms with Crippen LogP contribution in [0.3, 0.4) is 0 Å². The maximum absolute atomic E-state index is 12.5. The third kappa shape index (κ3) is 3.88. The highest BCUT2D eigenvalue weighted by molar-refractivity contribution is 6.12. The van der Waals surface area contributed by atoms with Crippen LogP contribution in [-0.2, 0) is 15.8 Å². The van der Waals surface area contributed by atoms with Gasteiger partial charge in [-0.15, -0.1) is 0 Å². The average molecular weight is 342 g/mol. The highest BCUT2D eigenvalue weighted by Crippen LogP contribution is 2.48. The Kier molecular flexibility index (Phi) is 5.20. The molecule has 0 aromatic heterocycles. The smallest absolute Gasteiger partial charge is 0.345 e. The van der Waals surface area contributed by atoms with Crippen LogP contribution >= 0.6 is 0 Å². The van der Waals surface area contributed by atoms with E-state index in [0.717, 1.165) is 25.0 Å². The van der Waals surface area contributed by atoms with Crippen LogP contribution in [0.1, 0.15) is 38.2 Å². The second-order valence-electron chi connectivity index (χ2n) is 6.19. The molecular weight excluding hydrogens is 321 g/mol. The molecule has 1 N–H and O–H groups in total. The standard InChI is InChI=1S/C17H21F3N2O2/c1-3-4-11-22(2)15(24)16(9-10-16)14(23)21-13-7-5-12(6-8-13)17(18,19)20/h5-8H,3-4,9-11H2,1-2H3,(H,21,23). The lowest BCUT2D eigenvalue weighted by Crippen LogP contribution is -2.41. The first-order chi connectivity index (χ1) is 11.2. The first kappa shape index (κ1) is 18.3. The van der Waals surface area contributed by atoms with Crippen molar-refractivity contribution >= 4 is 17.5 Å². The zero-order chi connectivity index (χ0) is 18.0. The van der Waals surface area contributed by atoms with Gasteiger partial charge in [0, 0.05) is 19.3 Å². The van der Waals surface area contributed by atoms with E-state index in [0.29, 0.717) is 19.4 Å². The van der Waals surface area contributed by atoms with Crippen molar-refractivity contribution in [3.05, 3.63) is 29.8 Å². The number of alkyl halides is 3. The summed E-state index contributed by atoms with van der Waals surface area (Å²) in [5, 5.41) is 2.56. The minimum atomic E-state index is -4.42. The van der Waals surface area contributed by atoms with Gasteiger partial charge in [-0.25, -0.2) is 0 Å². The van der Waals surface area contributed by atoms with Crippen LogP contribution in [-0.4, -0.2) is 30.3 Å². The fourth-order valence-electron chi connectivity index (χ4n) is 2.52. The van der Waals surface area contributed by atoms with Crippen LogP contribution in [0.25, 0.3) is 0 Å². The molecule has 1 aliphatic carbocycles. The van der Waals surface area contributed by atoms with Crippen LogP contribution in [0.4, 0.5) is 18.9 Å². The van der Waals surface area contributed by atoms with E-state index in [4.69, 9.17) is 0 Å². The van der Waals surface area contributed by atoms with Gasteiger partial charge in [0.1, 0.15) is 5.41 Å². The molecule has 1 fully saturated rings. The number of carbonyl (C=O) groups excluding carboxylic acids is 2. The van der Waals surface area contributed by atoms with E-state index < -0.39 is 23.1 Å². The van der Waals surface area contributed by atoms with Gasteiger partial charge in [-0.3, -0.25) is 9.59 Å². The van der Waals surface area contributed by atoms with Crippen molar-refractivity contribution < 1.29 is 22.8 Å². The van der Waals surface area contributed by atoms with E-state index in [1.165, 1.54) is 12.1 Å². The molecule has 0 saturated heterocycles. The van der Waals surface area contributed by atoms with Crippen LogP contribution in [0.15, 0.2) is 24.3 Å². The van der Waals surface area contributed by atoms with Crippen molar-refractivity contribution in [3.63, 3.8) is 0 Å². The zero-order valence-corrected chi connectivity index (χ0v) is 13.7. The second kappa shape index (κ2) is 6.83. The second-order valence-corrected chi connectivity index (χ2v) is 6.19. The van der Waals surface area contributed by atoms with E-state index in [1.807, 2.05) is 6.92 Å². The summed E-state index contributed by atoms with van der Waals surface area (Å²) in [5.74, 6) is -0.670. The zero-order valence-electron chi connectivity index (χ0n) is 13.7. The number of carbonyl (C=O) groups is 2. The molecule has 1 aliphatic rings. The fraction of sp³-hybridized carbons (Fsp3) is 0.529. The Morgan fingerprint density at radius 2 is 1.79 bits per heavy atom. The van der Waals surface area contributed by atoms with Gasteiger partial charge in [0.05, 0.1) is 5.56 Å². The highest BCUT2D eigenvalue weighted by Gasteiger charge is 2.57. The van der Waals surface area contributed by atoms with Gasteiger partial charge in [0.15, 0.2) is 0 Å². The molecule has 4 nitrogen and oxygen atoms in total. The summed E-state index contributed by atoms with van der Waals surface area (Å²) in [6, 6.07) is 4.21. The van der Waals surface area contributed by atoms with E-state index in [9.17, 15) is 22.8 Å². The number of nitrogens with one attached hydrogen (secondary N) is 1. The van der Waals surface area contributed by atoms with E-state index in [1.54, 1.807) is 11.9 Å². The van der Waals surface area contributed by atoms with Crippen LogP contribution in [0.2, 0.25) is 0 Å². The summed E-state index contributed by atoms with van der Waals surface area (Å²) < 4.78 is 37.6. The number of amides is 2. The molecule has 0 atom stereocenters. The molecule has 0 spiro atoms. The molecule has 2 amide bonds. The van der Waals surface area contributed by atoms with Gasteiger partial charge >= 0.3 is 6.18 Å². The van der Waals surface area contributed by atoms with Crippen molar-refractivity contribution in [1.29, 1.82) is 0 Å². The number of benzene rings is 1. The Balaban J connectivity index is 2.02. The van der Waals surface area contributed by atoms with Gasteiger partial charge < -0.3 is 10.2 Å². The molecule has 1 aromatic carbocycles. The summed E-state index contributed by atoms with van der Waals surface area (Å²) in [6.07, 6.45) is -1.68. The monoisotopic (exact) mass is 342 g/mol. The lowest BCUT2D eigenvalue weighted by atomic mass is 10.0. The number of unbranched alkanes of at least 4 members (excludes halogenated alkanes) is 1. The summed E-state index contributed by atoms with van der Waals surface area (Å²) in [6.45, 7) is 2.60. The molecule has 0 radical (unpaired) electrons. The van der Waals surface area contributed by atoms with E-state index >= 15 is 0 Å². The van der Waals surface area contributed by atoms with Gasteiger partial charge in [0.2, 0.25) is 11.8 Å². The van der Waals surface area contributed by atoms with Crippen molar-refractivity contribution in [1.82, 2.24) is 4.90 Å². The van der Waals surface area contributed by atoms with Gasteiger partial charge in [-0.2, -0.15) is 13.2 Å². The van der Waals surface area contributed by atoms with Crippen molar-refractivity contribution in [3.8, 4) is 0 Å². The Morgan fingerprint density at radius 1 is 1.21 bits per heavy atom. The summed E-state index contributed by atoms with van der Waals surface area (Å²) >= 11 is 0. The van der Waals surface area contributed by atoms with E-state index in [2.05, 4.69) is 5.32 Å². The SMILES string of the molecule is CCCCN(C)C(=O)C1(C(=O)Nc2ccc(C(F)(F)F)cc2)CC1. The molecule has 0 aliphatic heterocycles. The fourth-order valence-corrected chi connectivity index (χ4v) is 2.52. The van der Waals surface area contributed by atoms with Crippen molar-refractivity contribution in [2.24, 2.45) is 5.41 Å². The molecular formula is C17H21F3N2O2. The topological polar surface area (TPSA) is 49.4 Å².